The molecular weight excluding hydrogens is 409 g/mol. The predicted molar refractivity (Wildman–Crippen MR) is 122 cm³/mol. The molecule has 0 atom stereocenters. The summed E-state index contributed by atoms with van der Waals surface area (Å²) in [5.74, 6) is 1.84. The number of aromatic nitrogens is 3. The smallest absolute Gasteiger partial charge is 0.180 e. The van der Waals surface area contributed by atoms with Gasteiger partial charge in [-0.1, -0.05) is 12.3 Å². The van der Waals surface area contributed by atoms with E-state index in [1.54, 1.807) is 32.5 Å². The minimum atomic E-state index is -0.315. The van der Waals surface area contributed by atoms with Crippen LogP contribution in [-0.2, 0) is 0 Å². The fraction of sp³-hybridized carbons (Fsp3) is 0.0833. The van der Waals surface area contributed by atoms with E-state index in [4.69, 9.17) is 9.47 Å². The largest absolute Gasteiger partial charge is 0.493 e. The molecule has 2 heterocycles. The first-order chi connectivity index (χ1) is 15.6. The van der Waals surface area contributed by atoms with Gasteiger partial charge in [0.1, 0.15) is 11.3 Å². The van der Waals surface area contributed by atoms with Gasteiger partial charge in [-0.25, -0.2) is 19.3 Å². The zero-order chi connectivity index (χ0) is 22.5. The second-order valence-electron chi connectivity index (χ2n) is 6.67. The molecule has 4 rings (SSSR count). The maximum absolute atomic E-state index is 13.1. The third kappa shape index (κ3) is 4.50. The maximum Gasteiger partial charge on any atom is 0.180 e. The summed E-state index contributed by atoms with van der Waals surface area (Å²) in [6, 6.07) is 15.2. The lowest BCUT2D eigenvalue weighted by atomic mass is 10.1. The molecule has 0 fully saturated rings. The van der Waals surface area contributed by atoms with Crippen molar-refractivity contribution in [2.24, 2.45) is 0 Å². The molecule has 0 aliphatic rings. The Morgan fingerprint density at radius 1 is 0.938 bits per heavy atom. The number of fused-ring (bicyclic) bond motifs is 1. The zero-order valence-electron chi connectivity index (χ0n) is 17.5. The van der Waals surface area contributed by atoms with Crippen molar-refractivity contribution in [3.63, 3.8) is 0 Å². The summed E-state index contributed by atoms with van der Waals surface area (Å²) in [4.78, 5) is 13.6. The second-order valence-corrected chi connectivity index (χ2v) is 6.67. The van der Waals surface area contributed by atoms with Crippen LogP contribution >= 0.6 is 0 Å². The molecule has 32 heavy (non-hydrogen) atoms. The van der Waals surface area contributed by atoms with E-state index in [1.165, 1.54) is 12.1 Å². The van der Waals surface area contributed by atoms with Crippen LogP contribution in [0.25, 0.3) is 22.4 Å². The van der Waals surface area contributed by atoms with Gasteiger partial charge in [-0.05, 0) is 54.6 Å². The molecule has 0 spiro atoms. The molecule has 0 aliphatic heterocycles. The Kier molecular flexibility index (Phi) is 5.96. The predicted octanol–water partition coefficient (Wildman–Crippen LogP) is 5.00. The average Bonchev–Trinajstić information content (AvgIpc) is 2.84. The second kappa shape index (κ2) is 9.16. The minimum Gasteiger partial charge on any atom is -0.493 e. The van der Waals surface area contributed by atoms with Gasteiger partial charge in [0.2, 0.25) is 0 Å². The number of pyridine rings is 1. The van der Waals surface area contributed by atoms with Gasteiger partial charge in [-0.3, -0.25) is 0 Å². The molecule has 160 valence electrons. The van der Waals surface area contributed by atoms with Crippen molar-refractivity contribution < 1.29 is 13.9 Å². The molecular formula is C24H20FN5O2. The monoisotopic (exact) mass is 429 g/mol. The number of benzene rings is 2. The summed E-state index contributed by atoms with van der Waals surface area (Å²) >= 11 is 0. The van der Waals surface area contributed by atoms with E-state index in [1.807, 2.05) is 30.3 Å². The molecule has 0 saturated heterocycles. The summed E-state index contributed by atoms with van der Waals surface area (Å²) in [6.45, 7) is 3.67. The summed E-state index contributed by atoms with van der Waals surface area (Å²) in [6.07, 6.45) is 1.59. The quantitative estimate of drug-likeness (QED) is 0.400. The number of rotatable bonds is 7. The Hall–Kier alpha value is -4.42. The summed E-state index contributed by atoms with van der Waals surface area (Å²) in [5.41, 5.74) is 6.12. The Bertz CT molecular complexity index is 1320. The van der Waals surface area contributed by atoms with Gasteiger partial charge in [0.25, 0.3) is 0 Å². The van der Waals surface area contributed by atoms with Crippen LogP contribution < -0.4 is 20.1 Å². The summed E-state index contributed by atoms with van der Waals surface area (Å²) < 4.78 is 23.8. The molecule has 7 nitrogen and oxygen atoms in total. The lowest BCUT2D eigenvalue weighted by molar-refractivity contribution is 0.355. The first-order valence-electron chi connectivity index (χ1n) is 9.65. The minimum absolute atomic E-state index is 0.315. The van der Waals surface area contributed by atoms with Crippen LogP contribution in [0, 0.1) is 5.82 Å². The van der Waals surface area contributed by atoms with Gasteiger partial charge in [-0.15, -0.1) is 0 Å². The van der Waals surface area contributed by atoms with E-state index in [9.17, 15) is 4.39 Å². The Morgan fingerprint density at radius 3 is 2.44 bits per heavy atom. The van der Waals surface area contributed by atoms with E-state index in [0.717, 1.165) is 5.56 Å². The molecule has 0 saturated carbocycles. The van der Waals surface area contributed by atoms with Crippen molar-refractivity contribution in [1.82, 2.24) is 15.0 Å². The van der Waals surface area contributed by atoms with Crippen LogP contribution in [0.1, 0.15) is 0 Å². The molecule has 0 amide bonds. The number of anilines is 2. The number of hydrogen-bond donors (Lipinski definition) is 2. The number of halogens is 1. The van der Waals surface area contributed by atoms with E-state index >= 15 is 0 Å². The summed E-state index contributed by atoms with van der Waals surface area (Å²) in [7, 11) is 3.18. The SMILES string of the molecule is C=C=C(Nc1ccc(F)cc1)Nc1cnc2ccc(-c3ccc(OC)c(OC)c3)nc2n1. The molecule has 0 radical (unpaired) electrons. The molecule has 0 aliphatic carbocycles. The highest BCUT2D eigenvalue weighted by atomic mass is 19.1. The van der Waals surface area contributed by atoms with Gasteiger partial charge in [0.05, 0.1) is 26.1 Å². The van der Waals surface area contributed by atoms with Crippen LogP contribution in [-0.4, -0.2) is 29.2 Å². The van der Waals surface area contributed by atoms with Crippen molar-refractivity contribution >= 4 is 22.7 Å². The van der Waals surface area contributed by atoms with Crippen molar-refractivity contribution in [3.8, 4) is 22.8 Å². The molecule has 2 aromatic carbocycles. The lowest BCUT2D eigenvalue weighted by Gasteiger charge is -2.12. The highest BCUT2D eigenvalue weighted by Crippen LogP contribution is 2.32. The van der Waals surface area contributed by atoms with Crippen molar-refractivity contribution in [3.05, 3.63) is 84.7 Å². The van der Waals surface area contributed by atoms with E-state index in [-0.39, 0.29) is 5.82 Å². The zero-order valence-corrected chi connectivity index (χ0v) is 17.5. The first kappa shape index (κ1) is 20.8. The molecule has 2 N–H and O–H groups in total. The van der Waals surface area contributed by atoms with Gasteiger partial charge in [-0.2, -0.15) is 0 Å². The molecule has 4 aromatic rings. The number of hydrogen-bond acceptors (Lipinski definition) is 7. The van der Waals surface area contributed by atoms with E-state index < -0.39 is 0 Å². The van der Waals surface area contributed by atoms with Crippen LogP contribution in [0.2, 0.25) is 0 Å². The van der Waals surface area contributed by atoms with Crippen LogP contribution in [0.3, 0.4) is 0 Å². The fourth-order valence-corrected chi connectivity index (χ4v) is 3.04. The Morgan fingerprint density at radius 2 is 1.72 bits per heavy atom. The van der Waals surface area contributed by atoms with Crippen molar-refractivity contribution in [1.29, 1.82) is 0 Å². The first-order valence-corrected chi connectivity index (χ1v) is 9.65. The number of nitrogens with one attached hydrogen (secondary N) is 2. The van der Waals surface area contributed by atoms with Crippen molar-refractivity contribution in [2.45, 2.75) is 0 Å². The maximum atomic E-state index is 13.1. The van der Waals surface area contributed by atoms with Gasteiger partial charge in [0.15, 0.2) is 28.8 Å². The Balaban J connectivity index is 1.60. The van der Waals surface area contributed by atoms with Gasteiger partial charge >= 0.3 is 0 Å². The molecule has 8 heteroatoms. The highest BCUT2D eigenvalue weighted by Gasteiger charge is 2.10. The standard InChI is InChI=1S/C24H20FN5O2/c1-4-22(27-17-8-6-16(25)7-9-17)29-23-14-26-19-11-10-18(28-24(19)30-23)15-5-12-20(31-2)21(13-15)32-3/h5-14,27H,1H2,2-3H3,(H,28,29,30). The summed E-state index contributed by atoms with van der Waals surface area (Å²) in [5, 5.41) is 6.13. The van der Waals surface area contributed by atoms with Gasteiger partial charge in [0, 0.05) is 11.3 Å². The van der Waals surface area contributed by atoms with Crippen molar-refractivity contribution in [2.75, 3.05) is 24.9 Å². The van der Waals surface area contributed by atoms with E-state index in [0.29, 0.717) is 45.7 Å². The third-order valence-electron chi connectivity index (χ3n) is 4.63. The number of methoxy groups -OCH3 is 2. The number of ether oxygens (including phenoxy) is 2. The Labute approximate surface area is 184 Å². The van der Waals surface area contributed by atoms with Crippen LogP contribution in [0.4, 0.5) is 15.9 Å². The van der Waals surface area contributed by atoms with Crippen LogP contribution in [0.15, 0.2) is 78.9 Å². The topological polar surface area (TPSA) is 81.2 Å². The van der Waals surface area contributed by atoms with Crippen LogP contribution in [0.5, 0.6) is 11.5 Å². The molecule has 2 aromatic heterocycles. The average molecular weight is 429 g/mol. The molecule has 0 unspecified atom stereocenters. The molecule has 0 bridgehead atoms. The third-order valence-corrected chi connectivity index (χ3v) is 4.63. The number of nitrogens with zero attached hydrogens (tertiary/aromatic N) is 3. The highest BCUT2D eigenvalue weighted by molar-refractivity contribution is 5.76. The van der Waals surface area contributed by atoms with E-state index in [2.05, 4.69) is 37.9 Å². The lowest BCUT2D eigenvalue weighted by Crippen LogP contribution is -2.10. The normalized spacial score (nSPS) is 10.3. The fourth-order valence-electron chi connectivity index (χ4n) is 3.04. The van der Waals surface area contributed by atoms with Gasteiger partial charge < -0.3 is 20.1 Å².